The van der Waals surface area contributed by atoms with Crippen molar-refractivity contribution in [3.05, 3.63) is 173 Å². The predicted octanol–water partition coefficient (Wildman–Crippen LogP) is 13.4. The van der Waals surface area contributed by atoms with Crippen LogP contribution >= 0.6 is 23.5 Å². The number of aliphatic imine (C=N–C) groups is 4. The summed E-state index contributed by atoms with van der Waals surface area (Å²) in [6, 6.07) is 37.3. The molecule has 15 nitrogen and oxygen atoms in total. The molecule has 0 saturated carbocycles. The van der Waals surface area contributed by atoms with Crippen molar-refractivity contribution in [2.45, 2.75) is 71.0 Å². The molecule has 2 aliphatic heterocycles. The average molecular weight is 1170 g/mol. The van der Waals surface area contributed by atoms with Gasteiger partial charge >= 0.3 is 19.3 Å². The van der Waals surface area contributed by atoms with Gasteiger partial charge in [0.25, 0.3) is 0 Å². The third kappa shape index (κ3) is 16.5. The van der Waals surface area contributed by atoms with E-state index < -0.39 is 24.8 Å². The maximum absolute atomic E-state index is 14.0. The number of para-hydroxylation sites is 1. The predicted molar refractivity (Wildman–Crippen MR) is 312 cm³/mol. The van der Waals surface area contributed by atoms with Gasteiger partial charge in [0.05, 0.1) is 29.5 Å². The van der Waals surface area contributed by atoms with Crippen LogP contribution in [0.1, 0.15) is 61.1 Å². The molecule has 2 aliphatic rings. The number of thioether (sulfide) groups is 2. The van der Waals surface area contributed by atoms with E-state index in [1.165, 1.54) is 48.7 Å². The highest BCUT2D eigenvalue weighted by Crippen LogP contribution is 2.43. The van der Waals surface area contributed by atoms with Crippen molar-refractivity contribution in [1.29, 1.82) is 0 Å². The number of ether oxygens (including phenoxy) is 3. The Hall–Kier alpha value is -8.58. The van der Waals surface area contributed by atoms with Crippen molar-refractivity contribution in [2.75, 3.05) is 21.3 Å². The van der Waals surface area contributed by atoms with E-state index in [2.05, 4.69) is 87.7 Å². The molecule has 2 fully saturated rings. The average Bonchev–Trinajstić information content (AvgIpc) is 3.43. The Balaban J connectivity index is 0.933. The molecule has 2 unspecified atom stereocenters. The topological polar surface area (TPSA) is 185 Å². The van der Waals surface area contributed by atoms with E-state index in [9.17, 15) is 35.1 Å². The van der Waals surface area contributed by atoms with Crippen LogP contribution < -0.4 is 35.5 Å². The van der Waals surface area contributed by atoms with Gasteiger partial charge in [-0.3, -0.25) is 0 Å². The number of amidine groups is 4. The minimum Gasteiger partial charge on any atom is -0.433 e. The molecule has 6 aromatic carbocycles. The summed E-state index contributed by atoms with van der Waals surface area (Å²) in [7, 11) is 0. The number of anilines is 2. The van der Waals surface area contributed by atoms with Crippen LogP contribution in [-0.4, -0.2) is 90.0 Å². The van der Waals surface area contributed by atoms with Crippen molar-refractivity contribution >= 4 is 93.4 Å². The molecule has 0 aliphatic carbocycles. The zero-order valence-corrected chi connectivity index (χ0v) is 45.8. The Bertz CT molecular complexity index is 3430. The van der Waals surface area contributed by atoms with Crippen LogP contribution in [0.25, 0.3) is 0 Å². The van der Waals surface area contributed by atoms with Crippen LogP contribution in [-0.2, 0) is 11.8 Å². The molecule has 82 heavy (non-hydrogen) atoms. The molecule has 0 amide bonds. The standard InChI is InChI=1S/C57H52F8N12O3S2/c1-35-31-81-53(74-72-29-37-9-14-40(15-10-37)50(66)70-33-68-42-18-22-44(23-19-42)79-56(60,61)62)76(35)47-8-6-5-7-46(47)55(3,4)28-39-13-26-49(78-52(58)59)48(27-39)77-36(2)32-82-54(77)75-73-30-38-11-16-41(17-12-38)51(67)71-34-69-43-20-24-45(25-21-43)80-57(63,64)65/h5-27,29-30,33-36,52H,28,31-32H2,1-4H3,(H2,66,68,70)(H2,67,69,71)/b72-29+,73-30+,74-53-,75-54-. The Kier molecular flexibility index (Phi) is 19.1. The lowest BCUT2D eigenvalue weighted by Crippen LogP contribution is -2.34. The largest absolute Gasteiger partial charge is 0.573 e. The highest BCUT2D eigenvalue weighted by molar-refractivity contribution is 8.14. The molecule has 0 radical (unpaired) electrons. The summed E-state index contributed by atoms with van der Waals surface area (Å²) in [6.07, 6.45) is -3.53. The summed E-state index contributed by atoms with van der Waals surface area (Å²) in [6.45, 7) is 5.28. The molecule has 2 saturated heterocycles. The number of benzene rings is 6. The zero-order chi connectivity index (χ0) is 58.6. The number of nitrogens with two attached hydrogens (primary N) is 2. The first-order chi connectivity index (χ1) is 39.1. The van der Waals surface area contributed by atoms with E-state index >= 15 is 0 Å². The molecule has 0 bridgehead atoms. The van der Waals surface area contributed by atoms with Crippen LogP contribution in [0.4, 0.5) is 57.9 Å². The maximum Gasteiger partial charge on any atom is 0.573 e. The fourth-order valence-corrected chi connectivity index (χ4v) is 10.6. The number of hydrogen-bond acceptors (Lipinski definition) is 11. The number of rotatable bonds is 19. The molecule has 0 aromatic heterocycles. The zero-order valence-electron chi connectivity index (χ0n) is 44.1. The quantitative estimate of drug-likeness (QED) is 0.0345. The monoisotopic (exact) mass is 1170 g/mol. The van der Waals surface area contributed by atoms with Crippen LogP contribution in [0.5, 0.6) is 17.2 Å². The van der Waals surface area contributed by atoms with Gasteiger partial charge in [-0.15, -0.1) is 36.5 Å². The number of hydrogen-bond donors (Lipinski definition) is 2. The lowest BCUT2D eigenvalue weighted by atomic mass is 9.78. The van der Waals surface area contributed by atoms with Gasteiger partial charge in [-0.1, -0.05) is 110 Å². The van der Waals surface area contributed by atoms with Gasteiger partial charge in [-0.25, -0.2) is 20.0 Å². The van der Waals surface area contributed by atoms with E-state index in [0.717, 1.165) is 52.4 Å². The van der Waals surface area contributed by atoms with Gasteiger partial charge in [-0.2, -0.15) is 19.0 Å². The van der Waals surface area contributed by atoms with Crippen molar-refractivity contribution in [2.24, 2.45) is 51.8 Å². The Morgan fingerprint density at radius 2 is 1.06 bits per heavy atom. The van der Waals surface area contributed by atoms with E-state index in [1.54, 1.807) is 84.9 Å². The Labute approximate surface area is 475 Å². The lowest BCUT2D eigenvalue weighted by molar-refractivity contribution is -0.275. The van der Waals surface area contributed by atoms with Gasteiger partial charge in [-0.05, 0) is 115 Å². The Morgan fingerprint density at radius 3 is 1.51 bits per heavy atom. The molecule has 0 spiro atoms. The summed E-state index contributed by atoms with van der Waals surface area (Å²) in [5, 5.41) is 19.2. The van der Waals surface area contributed by atoms with Gasteiger partial charge in [0, 0.05) is 40.4 Å². The molecule has 2 heterocycles. The first-order valence-corrected chi connectivity index (χ1v) is 26.9. The number of alkyl halides is 8. The van der Waals surface area contributed by atoms with E-state index in [4.69, 9.17) is 16.2 Å². The first-order valence-electron chi connectivity index (χ1n) is 24.9. The van der Waals surface area contributed by atoms with Crippen molar-refractivity contribution in [3.8, 4) is 17.2 Å². The van der Waals surface area contributed by atoms with Crippen LogP contribution in [0.3, 0.4) is 0 Å². The minimum absolute atomic E-state index is 0.00819. The third-order valence-electron chi connectivity index (χ3n) is 12.3. The summed E-state index contributed by atoms with van der Waals surface area (Å²) >= 11 is 3.02. The fraction of sp³-hybridized carbons (Fsp3) is 0.228. The van der Waals surface area contributed by atoms with Crippen LogP contribution in [0.15, 0.2) is 180 Å². The second-order valence-electron chi connectivity index (χ2n) is 18.9. The summed E-state index contributed by atoms with van der Waals surface area (Å²) in [5.74, 6) is 0.923. The lowest BCUT2D eigenvalue weighted by Gasteiger charge is -2.33. The van der Waals surface area contributed by atoms with Gasteiger partial charge in [0.15, 0.2) is 10.3 Å². The number of nitrogens with zero attached hydrogens (tertiary/aromatic N) is 10. The molecule has 2 atom stereocenters. The smallest absolute Gasteiger partial charge is 0.433 e. The highest BCUT2D eigenvalue weighted by atomic mass is 32.2. The van der Waals surface area contributed by atoms with E-state index in [0.29, 0.717) is 56.3 Å². The van der Waals surface area contributed by atoms with E-state index in [-0.39, 0.29) is 41.0 Å². The van der Waals surface area contributed by atoms with Crippen molar-refractivity contribution in [3.63, 3.8) is 0 Å². The van der Waals surface area contributed by atoms with Gasteiger partial charge in [0.2, 0.25) is 0 Å². The maximum atomic E-state index is 14.0. The fourth-order valence-electron chi connectivity index (χ4n) is 8.51. The number of halogens is 8. The second-order valence-corrected chi connectivity index (χ2v) is 20.9. The van der Waals surface area contributed by atoms with Crippen LogP contribution in [0, 0.1) is 0 Å². The Morgan fingerprint density at radius 1 is 0.610 bits per heavy atom. The first kappa shape index (κ1) is 59.5. The van der Waals surface area contributed by atoms with Crippen molar-refractivity contribution < 1.29 is 49.3 Å². The van der Waals surface area contributed by atoms with Gasteiger partial charge in [0.1, 0.15) is 41.6 Å². The third-order valence-corrected chi connectivity index (χ3v) is 14.7. The molecular weight excluding hydrogens is 1120 g/mol. The SMILES string of the molecule is CC1CS/C(=N\N=C\c2ccc(C(N)=NC=Nc3ccc(OC(F)(F)F)cc3)cc2)N1c1cc(CC(C)(C)c2ccccc2N2/C(=N/N=C/c3ccc(C(N)=NC=Nc4ccc(OC(F)(F)F)cc4)cc3)SCC2C)ccc1OC(F)F. The van der Waals surface area contributed by atoms with Gasteiger partial charge < -0.3 is 35.5 Å². The normalized spacial score (nSPS) is 17.8. The highest BCUT2D eigenvalue weighted by Gasteiger charge is 2.36. The molecule has 6 aromatic rings. The molecule has 25 heteroatoms. The molecule has 426 valence electrons. The molecular formula is C57H52F8N12O3S2. The second kappa shape index (κ2) is 26.3. The minimum atomic E-state index is -4.81. The summed E-state index contributed by atoms with van der Waals surface area (Å²) < 4.78 is 116. The molecule has 8 rings (SSSR count). The van der Waals surface area contributed by atoms with Crippen molar-refractivity contribution in [1.82, 2.24) is 0 Å². The summed E-state index contributed by atoms with van der Waals surface area (Å²) in [5.41, 5.74) is 18.4. The van der Waals surface area contributed by atoms with E-state index in [1.807, 2.05) is 30.0 Å². The summed E-state index contributed by atoms with van der Waals surface area (Å²) in [4.78, 5) is 20.5. The molecule has 4 N–H and O–H groups in total. The van der Waals surface area contributed by atoms with Crippen LogP contribution in [0.2, 0.25) is 0 Å².